The number of rotatable bonds is 14. The predicted molar refractivity (Wildman–Crippen MR) is 248 cm³/mol. The van der Waals surface area contributed by atoms with Crippen molar-refractivity contribution >= 4 is 34.9 Å². The number of aryl methyl sites for hydroxylation is 2. The van der Waals surface area contributed by atoms with Crippen molar-refractivity contribution in [1.29, 1.82) is 0 Å². The summed E-state index contributed by atoms with van der Waals surface area (Å²) in [6.07, 6.45) is 25.8. The molecule has 1 aliphatic heterocycles. The Labute approximate surface area is 365 Å². The summed E-state index contributed by atoms with van der Waals surface area (Å²) in [6.45, 7) is 4.18. The van der Waals surface area contributed by atoms with Gasteiger partial charge < -0.3 is 36.0 Å². The minimum atomic E-state index is -0.503. The van der Waals surface area contributed by atoms with Gasteiger partial charge in [-0.05, 0) is 132 Å². The Bertz CT molecular complexity index is 2450. The lowest BCUT2D eigenvalue weighted by atomic mass is 9.39. The van der Waals surface area contributed by atoms with Gasteiger partial charge in [0.2, 0.25) is 0 Å². The van der Waals surface area contributed by atoms with Gasteiger partial charge in [0, 0.05) is 36.2 Å². The van der Waals surface area contributed by atoms with E-state index < -0.39 is 6.10 Å². The number of fused-ring (bicyclic) bond motifs is 1. The average molecular weight is 838 g/mol. The Morgan fingerprint density at radius 3 is 2.42 bits per heavy atom. The topological polar surface area (TPSA) is 158 Å². The summed E-state index contributed by atoms with van der Waals surface area (Å²) in [7, 11) is 0. The molecule has 1 heterocycles. The molecule has 5 atom stereocenters. The van der Waals surface area contributed by atoms with Gasteiger partial charge in [-0.2, -0.15) is 0 Å². The highest BCUT2D eigenvalue weighted by molar-refractivity contribution is 6.34. The highest BCUT2D eigenvalue weighted by atomic mass is 16.3. The maximum atomic E-state index is 12.2. The summed E-state index contributed by atoms with van der Waals surface area (Å²) < 4.78 is 0. The molecular formula is C53H63N3O6. The van der Waals surface area contributed by atoms with Crippen LogP contribution >= 0.6 is 0 Å². The normalized spacial score (nSPS) is 26.2. The molecule has 0 amide bonds. The van der Waals surface area contributed by atoms with E-state index in [1.807, 2.05) is 12.1 Å². The second-order valence-electron chi connectivity index (χ2n) is 19.1. The zero-order valence-corrected chi connectivity index (χ0v) is 36.1. The number of hydrogen-bond acceptors (Lipinski definition) is 9. The number of benzene rings is 4. The third-order valence-electron chi connectivity index (χ3n) is 16.0. The zero-order chi connectivity index (χ0) is 43.1. The van der Waals surface area contributed by atoms with Crippen LogP contribution in [0.25, 0.3) is 22.9 Å². The van der Waals surface area contributed by atoms with Gasteiger partial charge in [0.05, 0.1) is 17.2 Å². The quantitative estimate of drug-likeness (QED) is 0.0288. The van der Waals surface area contributed by atoms with Crippen LogP contribution in [-0.4, -0.2) is 61.9 Å². The summed E-state index contributed by atoms with van der Waals surface area (Å²) >= 11 is 0. The fourth-order valence-corrected chi connectivity index (χ4v) is 13.2. The molecule has 326 valence electrons. The molecular weight excluding hydrogens is 775 g/mol. The van der Waals surface area contributed by atoms with E-state index in [2.05, 4.69) is 48.8 Å². The summed E-state index contributed by atoms with van der Waals surface area (Å²) in [5.41, 5.74) is 6.54. The first-order valence-electron chi connectivity index (χ1n) is 23.2. The fraction of sp³-hybridized carbons (Fsp3) is 0.472. The molecule has 4 aliphatic carbocycles. The molecule has 0 aromatic heterocycles. The number of phenols is 5. The van der Waals surface area contributed by atoms with Crippen molar-refractivity contribution in [3.8, 4) is 28.7 Å². The molecule has 0 unspecified atom stereocenters. The lowest BCUT2D eigenvalue weighted by Crippen LogP contribution is -2.67. The van der Waals surface area contributed by atoms with E-state index >= 15 is 0 Å². The number of aliphatic imine (C=N–C) groups is 2. The van der Waals surface area contributed by atoms with E-state index in [1.165, 1.54) is 87.1 Å². The van der Waals surface area contributed by atoms with Crippen LogP contribution in [0.15, 0.2) is 76.7 Å². The van der Waals surface area contributed by atoms with Gasteiger partial charge in [0.1, 0.15) is 12.4 Å². The molecule has 62 heavy (non-hydrogen) atoms. The Balaban J connectivity index is 1.02. The molecule has 4 aromatic carbocycles. The number of allylic oxidation sites excluding steroid dienone is 1. The van der Waals surface area contributed by atoms with Crippen molar-refractivity contribution < 1.29 is 30.6 Å². The molecule has 9 nitrogen and oxygen atoms in total. The third-order valence-corrected chi connectivity index (χ3v) is 16.0. The highest BCUT2D eigenvalue weighted by Gasteiger charge is 2.70. The molecule has 3 saturated carbocycles. The molecule has 9 heteroatoms. The van der Waals surface area contributed by atoms with Crippen LogP contribution in [0.5, 0.6) is 28.7 Å². The molecule has 9 rings (SSSR count). The van der Waals surface area contributed by atoms with Gasteiger partial charge >= 0.3 is 0 Å². The standard InChI is InChI=1S/C53H63N3O6/c1-2-3-4-9-36-28-34(15-20-41-39(19-14-35-16-21-42(57)45(60)29-35)40-11-7-12-43(58)47(40)49(62)48(41)61)13-17-37(36)30-54-32-53(46-31-55-33-56-46)50-44(59)22-18-38-10-8-25-52(38,50)27-26-51(53)23-5-6-24-51/h7,11-14,16-19,21-22,28-29,31,38,44,50,54,57-62H,2-6,8-10,15,20,23-27,30,32-33H2,1H3/t38-,44-,50+,52+,53+/m1/s1. The van der Waals surface area contributed by atoms with E-state index in [4.69, 9.17) is 9.98 Å². The van der Waals surface area contributed by atoms with Gasteiger partial charge in [0.25, 0.3) is 0 Å². The Morgan fingerprint density at radius 1 is 0.774 bits per heavy atom. The number of nitrogens with one attached hydrogen (secondary N) is 1. The van der Waals surface area contributed by atoms with E-state index in [1.54, 1.807) is 18.2 Å². The number of phenolic OH excluding ortho intramolecular Hbond substituents is 5. The third kappa shape index (κ3) is 7.19. The number of nitrogens with zero attached hydrogens (tertiary/aromatic N) is 2. The van der Waals surface area contributed by atoms with Crippen molar-refractivity contribution in [1.82, 2.24) is 5.32 Å². The molecule has 4 aromatic rings. The molecule has 2 spiro atoms. The average Bonchev–Trinajstić information content (AvgIpc) is 4.07. The van der Waals surface area contributed by atoms with Crippen LogP contribution < -0.4 is 5.32 Å². The largest absolute Gasteiger partial charge is 0.507 e. The molecule has 5 aliphatic rings. The number of hydrogen-bond donors (Lipinski definition) is 7. The summed E-state index contributed by atoms with van der Waals surface area (Å²) in [5, 5.41) is 70.5. The molecule has 0 radical (unpaired) electrons. The van der Waals surface area contributed by atoms with Crippen LogP contribution in [0, 0.1) is 28.1 Å². The Kier molecular flexibility index (Phi) is 11.7. The molecule has 3 fully saturated rings. The summed E-state index contributed by atoms with van der Waals surface area (Å²) in [4.78, 5) is 9.86. The van der Waals surface area contributed by atoms with Crippen molar-refractivity contribution in [3.05, 3.63) is 100 Å². The van der Waals surface area contributed by atoms with Crippen LogP contribution in [0.3, 0.4) is 0 Å². The number of aliphatic hydroxyl groups excluding tert-OH is 1. The SMILES string of the molecule is CCCCCc1cc(CCc2c(O)c(O)c3c(O)cccc3c2C=Cc2ccc(O)c(O)c2)ccc1CNC[C@]1(C2=NCN=C2)[C@H]2[C@H](O)C=C[C@H]3CCC[C@]32CCC12CCCC2. The van der Waals surface area contributed by atoms with Crippen molar-refractivity contribution in [2.75, 3.05) is 13.2 Å². The first-order chi connectivity index (χ1) is 30.1. The lowest BCUT2D eigenvalue weighted by molar-refractivity contribution is -0.142. The number of aromatic hydroxyl groups is 5. The summed E-state index contributed by atoms with van der Waals surface area (Å²) in [5.74, 6) is -0.599. The van der Waals surface area contributed by atoms with Crippen LogP contribution in [0.1, 0.15) is 117 Å². The minimum absolute atomic E-state index is 0.0829. The van der Waals surface area contributed by atoms with Crippen molar-refractivity contribution in [3.63, 3.8) is 0 Å². The van der Waals surface area contributed by atoms with E-state index in [9.17, 15) is 30.6 Å². The van der Waals surface area contributed by atoms with Crippen LogP contribution in [0.4, 0.5) is 0 Å². The molecule has 7 N–H and O–H groups in total. The minimum Gasteiger partial charge on any atom is -0.507 e. The van der Waals surface area contributed by atoms with E-state index in [0.717, 1.165) is 43.5 Å². The van der Waals surface area contributed by atoms with Crippen LogP contribution in [-0.2, 0) is 25.8 Å². The number of unbranched alkanes of at least 4 members (excludes halogenated alkanes) is 2. The Hall–Kier alpha value is -5.12. The van der Waals surface area contributed by atoms with E-state index in [-0.39, 0.29) is 56.3 Å². The van der Waals surface area contributed by atoms with Crippen LogP contribution in [0.2, 0.25) is 0 Å². The smallest absolute Gasteiger partial charge is 0.169 e. The van der Waals surface area contributed by atoms with Gasteiger partial charge in [-0.1, -0.05) is 99.7 Å². The monoisotopic (exact) mass is 837 g/mol. The molecule has 0 bridgehead atoms. The zero-order valence-electron chi connectivity index (χ0n) is 36.1. The van der Waals surface area contributed by atoms with Crippen molar-refractivity contribution in [2.45, 2.75) is 116 Å². The van der Waals surface area contributed by atoms with Gasteiger partial charge in [0.15, 0.2) is 23.0 Å². The highest BCUT2D eigenvalue weighted by Crippen LogP contribution is 2.72. The first kappa shape index (κ1) is 42.2. The lowest BCUT2D eigenvalue weighted by Gasteiger charge is -2.65. The van der Waals surface area contributed by atoms with Gasteiger partial charge in [-0.3, -0.25) is 9.98 Å². The maximum absolute atomic E-state index is 12.2. The van der Waals surface area contributed by atoms with E-state index in [0.29, 0.717) is 54.0 Å². The maximum Gasteiger partial charge on any atom is 0.169 e. The molecule has 0 saturated heterocycles. The van der Waals surface area contributed by atoms with Gasteiger partial charge in [-0.25, -0.2) is 0 Å². The number of aliphatic hydroxyl groups is 1. The second kappa shape index (κ2) is 17.2. The van der Waals surface area contributed by atoms with Gasteiger partial charge in [-0.15, -0.1) is 0 Å². The first-order valence-corrected chi connectivity index (χ1v) is 23.2. The summed E-state index contributed by atoms with van der Waals surface area (Å²) in [6, 6.07) is 16.3. The second-order valence-corrected chi connectivity index (χ2v) is 19.1. The van der Waals surface area contributed by atoms with Crippen molar-refractivity contribution in [2.24, 2.45) is 38.1 Å². The predicted octanol–water partition coefficient (Wildman–Crippen LogP) is 10.3. The Morgan fingerprint density at radius 2 is 1.63 bits per heavy atom. The fourth-order valence-electron chi connectivity index (χ4n) is 13.2.